The van der Waals surface area contributed by atoms with Crippen LogP contribution in [0.5, 0.6) is 0 Å². The molecule has 1 aromatic heterocycles. The fourth-order valence-corrected chi connectivity index (χ4v) is 2.22. The number of halogens is 2. The molecular weight excluding hydrogens is 221 g/mol. The maximum Gasteiger partial charge on any atom is 0.137 e. The highest BCUT2D eigenvalue weighted by Gasteiger charge is 2.26. The van der Waals surface area contributed by atoms with Crippen LogP contribution in [0.1, 0.15) is 25.8 Å². The predicted molar refractivity (Wildman–Crippen MR) is 58.7 cm³/mol. The van der Waals surface area contributed by atoms with Gasteiger partial charge in [-0.15, -0.1) is 0 Å². The quantitative estimate of drug-likeness (QED) is 0.817. The SMILES string of the molecule is CC(C)(CCN)c1c(Cl)ncnc1Cl. The van der Waals surface area contributed by atoms with Crippen molar-refractivity contribution in [1.82, 2.24) is 9.97 Å². The predicted octanol–water partition coefficient (Wildman–Crippen LogP) is 2.41. The fraction of sp³-hybridized carbons (Fsp3) is 0.556. The van der Waals surface area contributed by atoms with E-state index in [0.29, 0.717) is 16.9 Å². The van der Waals surface area contributed by atoms with E-state index in [-0.39, 0.29) is 5.41 Å². The Labute approximate surface area is 93.6 Å². The molecule has 0 aliphatic rings. The van der Waals surface area contributed by atoms with Gasteiger partial charge in [-0.1, -0.05) is 37.0 Å². The highest BCUT2D eigenvalue weighted by atomic mass is 35.5. The van der Waals surface area contributed by atoms with E-state index < -0.39 is 0 Å². The van der Waals surface area contributed by atoms with Crippen molar-refractivity contribution >= 4 is 23.2 Å². The monoisotopic (exact) mass is 233 g/mol. The van der Waals surface area contributed by atoms with Crippen molar-refractivity contribution in [2.45, 2.75) is 25.7 Å². The zero-order valence-corrected chi connectivity index (χ0v) is 9.73. The first-order valence-corrected chi connectivity index (χ1v) is 5.11. The molecule has 78 valence electrons. The zero-order valence-electron chi connectivity index (χ0n) is 8.22. The van der Waals surface area contributed by atoms with Crippen LogP contribution in [0.3, 0.4) is 0 Å². The van der Waals surface area contributed by atoms with Crippen molar-refractivity contribution in [2.75, 3.05) is 6.54 Å². The number of aromatic nitrogens is 2. The standard InChI is InChI=1S/C9H13Cl2N3/c1-9(2,3-4-12)6-7(10)13-5-14-8(6)11/h5H,3-4,12H2,1-2H3. The van der Waals surface area contributed by atoms with Crippen LogP contribution in [0, 0.1) is 0 Å². The topological polar surface area (TPSA) is 51.8 Å². The van der Waals surface area contributed by atoms with Crippen molar-refractivity contribution < 1.29 is 0 Å². The van der Waals surface area contributed by atoms with E-state index >= 15 is 0 Å². The Bertz CT molecular complexity index is 306. The molecule has 0 fully saturated rings. The molecule has 5 heteroatoms. The largest absolute Gasteiger partial charge is 0.330 e. The van der Waals surface area contributed by atoms with E-state index in [2.05, 4.69) is 9.97 Å². The lowest BCUT2D eigenvalue weighted by Gasteiger charge is -2.25. The van der Waals surface area contributed by atoms with Gasteiger partial charge in [0.1, 0.15) is 16.6 Å². The van der Waals surface area contributed by atoms with E-state index in [1.807, 2.05) is 13.8 Å². The van der Waals surface area contributed by atoms with E-state index in [1.165, 1.54) is 6.33 Å². The van der Waals surface area contributed by atoms with Gasteiger partial charge in [0.05, 0.1) is 0 Å². The highest BCUT2D eigenvalue weighted by molar-refractivity contribution is 6.34. The van der Waals surface area contributed by atoms with Crippen LogP contribution >= 0.6 is 23.2 Å². The lowest BCUT2D eigenvalue weighted by atomic mass is 9.83. The van der Waals surface area contributed by atoms with Gasteiger partial charge in [0.25, 0.3) is 0 Å². The fourth-order valence-electron chi connectivity index (χ4n) is 1.39. The highest BCUT2D eigenvalue weighted by Crippen LogP contribution is 2.34. The summed E-state index contributed by atoms with van der Waals surface area (Å²) in [5.74, 6) is 0. The molecule has 1 rings (SSSR count). The first kappa shape index (κ1) is 11.7. The normalized spacial score (nSPS) is 11.8. The lowest BCUT2D eigenvalue weighted by Crippen LogP contribution is -2.23. The summed E-state index contributed by atoms with van der Waals surface area (Å²) in [6.45, 7) is 4.63. The number of nitrogens with zero attached hydrogens (tertiary/aromatic N) is 2. The molecule has 0 spiro atoms. The van der Waals surface area contributed by atoms with E-state index in [4.69, 9.17) is 28.9 Å². The van der Waals surface area contributed by atoms with Gasteiger partial charge < -0.3 is 5.73 Å². The van der Waals surface area contributed by atoms with Crippen molar-refractivity contribution in [1.29, 1.82) is 0 Å². The Morgan fingerprint density at radius 2 is 1.79 bits per heavy atom. The minimum atomic E-state index is -0.190. The first-order chi connectivity index (χ1) is 6.49. The molecule has 0 saturated heterocycles. The zero-order chi connectivity index (χ0) is 10.8. The Morgan fingerprint density at radius 1 is 1.29 bits per heavy atom. The molecule has 0 radical (unpaired) electrons. The molecule has 1 aromatic rings. The van der Waals surface area contributed by atoms with E-state index in [0.717, 1.165) is 12.0 Å². The molecule has 0 aliphatic heterocycles. The van der Waals surface area contributed by atoms with Crippen molar-refractivity contribution in [3.8, 4) is 0 Å². The third-order valence-electron chi connectivity index (χ3n) is 2.20. The van der Waals surface area contributed by atoms with Gasteiger partial charge in [-0.3, -0.25) is 0 Å². The second kappa shape index (κ2) is 4.43. The summed E-state index contributed by atoms with van der Waals surface area (Å²) in [7, 11) is 0. The molecule has 1 heterocycles. The van der Waals surface area contributed by atoms with Crippen LogP contribution in [0.25, 0.3) is 0 Å². The minimum Gasteiger partial charge on any atom is -0.330 e. The molecule has 0 bridgehead atoms. The summed E-state index contributed by atoms with van der Waals surface area (Å²) in [6.07, 6.45) is 2.15. The van der Waals surface area contributed by atoms with Crippen LogP contribution in [0.15, 0.2) is 6.33 Å². The summed E-state index contributed by atoms with van der Waals surface area (Å²) in [5.41, 5.74) is 6.11. The van der Waals surface area contributed by atoms with Crippen molar-refractivity contribution in [3.05, 3.63) is 22.2 Å². The first-order valence-electron chi connectivity index (χ1n) is 4.35. The van der Waals surface area contributed by atoms with E-state index in [9.17, 15) is 0 Å². The summed E-state index contributed by atoms with van der Waals surface area (Å²) in [6, 6.07) is 0. The number of hydrogen-bond acceptors (Lipinski definition) is 3. The van der Waals surface area contributed by atoms with Gasteiger partial charge in [0.15, 0.2) is 0 Å². The van der Waals surface area contributed by atoms with E-state index in [1.54, 1.807) is 0 Å². The second-order valence-corrected chi connectivity index (χ2v) is 4.47. The molecule has 0 saturated carbocycles. The van der Waals surface area contributed by atoms with Gasteiger partial charge in [0.2, 0.25) is 0 Å². The number of nitrogens with two attached hydrogens (primary N) is 1. The Hall–Kier alpha value is -0.380. The Kier molecular flexibility index (Phi) is 3.70. The average Bonchev–Trinajstić information content (AvgIpc) is 2.02. The van der Waals surface area contributed by atoms with Crippen molar-refractivity contribution in [2.24, 2.45) is 5.73 Å². The molecule has 0 aliphatic carbocycles. The molecule has 0 aromatic carbocycles. The smallest absolute Gasteiger partial charge is 0.137 e. The molecular formula is C9H13Cl2N3. The minimum absolute atomic E-state index is 0.190. The van der Waals surface area contributed by atoms with Crippen LogP contribution in [0.2, 0.25) is 10.3 Å². The average molecular weight is 234 g/mol. The molecule has 0 unspecified atom stereocenters. The summed E-state index contributed by atoms with van der Waals surface area (Å²) in [5, 5.41) is 0.812. The lowest BCUT2D eigenvalue weighted by molar-refractivity contribution is 0.484. The van der Waals surface area contributed by atoms with Gasteiger partial charge >= 0.3 is 0 Å². The third-order valence-corrected chi connectivity index (χ3v) is 2.77. The van der Waals surface area contributed by atoms with Crippen molar-refractivity contribution in [3.63, 3.8) is 0 Å². The van der Waals surface area contributed by atoms with Gasteiger partial charge in [-0.2, -0.15) is 0 Å². The second-order valence-electron chi connectivity index (χ2n) is 3.75. The third kappa shape index (κ3) is 2.35. The maximum absolute atomic E-state index is 5.97. The van der Waals surface area contributed by atoms with Gasteiger partial charge in [-0.05, 0) is 18.4 Å². The Morgan fingerprint density at radius 3 is 2.21 bits per heavy atom. The van der Waals surface area contributed by atoms with Crippen LogP contribution in [-0.4, -0.2) is 16.5 Å². The van der Waals surface area contributed by atoms with Crippen LogP contribution < -0.4 is 5.73 Å². The molecule has 2 N–H and O–H groups in total. The maximum atomic E-state index is 5.97. The van der Waals surface area contributed by atoms with Gasteiger partial charge in [-0.25, -0.2) is 9.97 Å². The van der Waals surface area contributed by atoms with Gasteiger partial charge in [0, 0.05) is 5.56 Å². The van der Waals surface area contributed by atoms with Crippen LogP contribution in [-0.2, 0) is 5.41 Å². The molecule has 0 atom stereocenters. The van der Waals surface area contributed by atoms with Crippen LogP contribution in [0.4, 0.5) is 0 Å². The molecule has 3 nitrogen and oxygen atoms in total. The summed E-state index contributed by atoms with van der Waals surface area (Å²) >= 11 is 11.9. The molecule has 0 amide bonds. The number of hydrogen-bond donors (Lipinski definition) is 1. The number of rotatable bonds is 3. The molecule has 14 heavy (non-hydrogen) atoms. The Balaban J connectivity index is 3.17. The summed E-state index contributed by atoms with van der Waals surface area (Å²) < 4.78 is 0. The summed E-state index contributed by atoms with van der Waals surface area (Å²) in [4.78, 5) is 7.84.